The Balaban J connectivity index is 1.69. The Bertz CT molecular complexity index is 1020. The molecule has 0 fully saturated rings. The number of hydrogen-bond donors (Lipinski definition) is 1. The number of benzene rings is 2. The largest absolute Gasteiger partial charge is 0.300 e. The van der Waals surface area contributed by atoms with Crippen molar-refractivity contribution < 1.29 is 9.59 Å². The molecule has 0 saturated carbocycles. The highest BCUT2D eigenvalue weighted by atomic mass is 32.2. The lowest BCUT2D eigenvalue weighted by Crippen LogP contribution is -2.33. The first-order chi connectivity index (χ1) is 15.5. The maximum atomic E-state index is 12.4. The van der Waals surface area contributed by atoms with E-state index in [9.17, 15) is 9.59 Å². The Hall–Kier alpha value is -2.97. The summed E-state index contributed by atoms with van der Waals surface area (Å²) in [6.45, 7) is 2.73. The van der Waals surface area contributed by atoms with Gasteiger partial charge >= 0.3 is 0 Å². The molecule has 2 aromatic carbocycles. The number of imide groups is 1. The van der Waals surface area contributed by atoms with E-state index < -0.39 is 0 Å². The molecule has 1 heterocycles. The molecule has 0 spiro atoms. The first-order valence-electron chi connectivity index (χ1n) is 10.6. The summed E-state index contributed by atoms with van der Waals surface area (Å²) in [4.78, 5) is 26.7. The monoisotopic (exact) mass is 451 g/mol. The summed E-state index contributed by atoms with van der Waals surface area (Å²) in [5.41, 5.74) is 2.00. The average molecular weight is 452 g/mol. The predicted molar refractivity (Wildman–Crippen MR) is 126 cm³/mol. The predicted octanol–water partition coefficient (Wildman–Crippen LogP) is 3.32. The lowest BCUT2D eigenvalue weighted by molar-refractivity contribution is -0.128. The Morgan fingerprint density at radius 3 is 2.19 bits per heavy atom. The van der Waals surface area contributed by atoms with Gasteiger partial charge in [0.05, 0.1) is 24.8 Å². The van der Waals surface area contributed by atoms with E-state index in [-0.39, 0.29) is 30.0 Å². The number of nitrogens with zero attached hydrogens (tertiary/aromatic N) is 4. The summed E-state index contributed by atoms with van der Waals surface area (Å²) in [6.07, 6.45) is 1.06. The molecule has 7 nitrogen and oxygen atoms in total. The third-order valence-electron chi connectivity index (χ3n) is 5.06. The smallest absolute Gasteiger partial charge is 0.237 e. The number of thioether (sulfide) groups is 1. The molecule has 0 saturated heterocycles. The van der Waals surface area contributed by atoms with Crippen LogP contribution < -0.4 is 5.32 Å². The third-order valence-corrected chi connectivity index (χ3v) is 6.02. The second kappa shape index (κ2) is 11.6. The molecule has 3 aromatic rings. The van der Waals surface area contributed by atoms with E-state index in [1.807, 2.05) is 62.6 Å². The summed E-state index contributed by atoms with van der Waals surface area (Å²) in [5.74, 6) is 0.300. The SMILES string of the molecule is CCC(c1nnc(SCC(=O)NC(=O)Cc2ccccc2)n1Cc1ccccc1)N(C)C. The Morgan fingerprint density at radius 1 is 0.969 bits per heavy atom. The molecular formula is C24H29N5O2S. The van der Waals surface area contributed by atoms with E-state index in [1.165, 1.54) is 11.8 Å². The van der Waals surface area contributed by atoms with Crippen molar-refractivity contribution in [1.82, 2.24) is 25.0 Å². The van der Waals surface area contributed by atoms with Crippen LogP contribution in [0.2, 0.25) is 0 Å². The molecule has 0 aliphatic carbocycles. The van der Waals surface area contributed by atoms with Gasteiger partial charge in [-0.15, -0.1) is 10.2 Å². The number of nitrogens with one attached hydrogen (secondary N) is 1. The highest BCUT2D eigenvalue weighted by Gasteiger charge is 2.23. The van der Waals surface area contributed by atoms with E-state index >= 15 is 0 Å². The van der Waals surface area contributed by atoms with Gasteiger partial charge in [-0.05, 0) is 31.6 Å². The fraction of sp³-hybridized carbons (Fsp3) is 0.333. The Kier molecular flexibility index (Phi) is 8.58. The van der Waals surface area contributed by atoms with E-state index in [0.717, 1.165) is 23.4 Å². The summed E-state index contributed by atoms with van der Waals surface area (Å²) >= 11 is 1.29. The number of carbonyl (C=O) groups excluding carboxylic acids is 2. The van der Waals surface area contributed by atoms with Gasteiger partial charge in [0.2, 0.25) is 11.8 Å². The van der Waals surface area contributed by atoms with Gasteiger partial charge < -0.3 is 4.57 Å². The zero-order valence-electron chi connectivity index (χ0n) is 18.7. The van der Waals surface area contributed by atoms with Crippen LogP contribution in [0.15, 0.2) is 65.8 Å². The molecule has 0 radical (unpaired) electrons. The molecule has 1 unspecified atom stereocenters. The van der Waals surface area contributed by atoms with E-state index in [2.05, 4.69) is 44.0 Å². The third kappa shape index (κ3) is 6.51. The van der Waals surface area contributed by atoms with Gasteiger partial charge in [0.1, 0.15) is 0 Å². The molecule has 1 aromatic heterocycles. The molecule has 3 rings (SSSR count). The van der Waals surface area contributed by atoms with E-state index in [4.69, 9.17) is 0 Å². The van der Waals surface area contributed by atoms with Crippen LogP contribution in [0.3, 0.4) is 0 Å². The van der Waals surface area contributed by atoms with Crippen LogP contribution in [-0.2, 0) is 22.6 Å². The molecular weight excluding hydrogens is 422 g/mol. The van der Waals surface area contributed by atoms with Crippen molar-refractivity contribution in [3.8, 4) is 0 Å². The van der Waals surface area contributed by atoms with Crippen LogP contribution in [0.5, 0.6) is 0 Å². The quantitative estimate of drug-likeness (QED) is 0.477. The molecule has 0 bridgehead atoms. The van der Waals surface area contributed by atoms with Gasteiger partial charge in [-0.1, -0.05) is 79.3 Å². The van der Waals surface area contributed by atoms with Crippen LogP contribution in [0.4, 0.5) is 0 Å². The fourth-order valence-electron chi connectivity index (χ4n) is 3.49. The second-order valence-corrected chi connectivity index (χ2v) is 8.67. The molecule has 0 aliphatic rings. The summed E-state index contributed by atoms with van der Waals surface area (Å²) < 4.78 is 2.06. The number of carbonyl (C=O) groups is 2. The summed E-state index contributed by atoms with van der Waals surface area (Å²) in [5, 5.41) is 11.9. The van der Waals surface area contributed by atoms with Crippen LogP contribution >= 0.6 is 11.8 Å². The van der Waals surface area contributed by atoms with Crippen molar-refractivity contribution in [3.05, 3.63) is 77.6 Å². The van der Waals surface area contributed by atoms with Crippen LogP contribution in [0.1, 0.15) is 36.3 Å². The van der Waals surface area contributed by atoms with E-state index in [0.29, 0.717) is 11.7 Å². The first kappa shape index (κ1) is 23.7. The topological polar surface area (TPSA) is 80.1 Å². The lowest BCUT2D eigenvalue weighted by atomic mass is 10.1. The zero-order chi connectivity index (χ0) is 22.9. The maximum Gasteiger partial charge on any atom is 0.237 e. The van der Waals surface area contributed by atoms with Crippen molar-refractivity contribution in [1.29, 1.82) is 0 Å². The minimum Gasteiger partial charge on any atom is -0.300 e. The molecule has 1 N–H and O–H groups in total. The van der Waals surface area contributed by atoms with Crippen LogP contribution in [0.25, 0.3) is 0 Å². The van der Waals surface area contributed by atoms with Crippen molar-refractivity contribution in [2.75, 3.05) is 19.8 Å². The fourth-order valence-corrected chi connectivity index (χ4v) is 4.24. The van der Waals surface area contributed by atoms with Crippen molar-refractivity contribution in [2.45, 2.75) is 37.5 Å². The number of hydrogen-bond acceptors (Lipinski definition) is 6. The molecule has 32 heavy (non-hydrogen) atoms. The van der Waals surface area contributed by atoms with Gasteiger partial charge in [0, 0.05) is 0 Å². The highest BCUT2D eigenvalue weighted by Crippen LogP contribution is 2.26. The van der Waals surface area contributed by atoms with Crippen molar-refractivity contribution in [2.24, 2.45) is 0 Å². The van der Waals surface area contributed by atoms with Gasteiger partial charge in [0.15, 0.2) is 11.0 Å². The zero-order valence-corrected chi connectivity index (χ0v) is 19.5. The molecule has 8 heteroatoms. The van der Waals surface area contributed by atoms with Gasteiger partial charge in [0.25, 0.3) is 0 Å². The number of amides is 2. The molecule has 1 atom stereocenters. The summed E-state index contributed by atoms with van der Waals surface area (Å²) in [7, 11) is 4.04. The van der Waals surface area contributed by atoms with Crippen LogP contribution in [0, 0.1) is 0 Å². The standard InChI is InChI=1S/C24H29N5O2S/c1-4-20(28(2)3)23-26-27-24(29(23)16-19-13-9-6-10-14-19)32-17-22(31)25-21(30)15-18-11-7-5-8-12-18/h5-14,20H,4,15-17H2,1-3H3,(H,25,30,31). The van der Waals surface area contributed by atoms with Crippen LogP contribution in [-0.4, -0.2) is 51.3 Å². The minimum atomic E-state index is -0.341. The van der Waals surface area contributed by atoms with Crippen molar-refractivity contribution in [3.63, 3.8) is 0 Å². The minimum absolute atomic E-state index is 0.0895. The number of aromatic nitrogens is 3. The molecule has 0 aliphatic heterocycles. The molecule has 168 valence electrons. The van der Waals surface area contributed by atoms with Gasteiger partial charge in [-0.3, -0.25) is 19.8 Å². The molecule has 2 amide bonds. The van der Waals surface area contributed by atoms with Gasteiger partial charge in [-0.2, -0.15) is 0 Å². The summed E-state index contributed by atoms with van der Waals surface area (Å²) in [6, 6.07) is 19.6. The van der Waals surface area contributed by atoms with Crippen molar-refractivity contribution >= 4 is 23.6 Å². The second-order valence-electron chi connectivity index (χ2n) is 7.72. The Morgan fingerprint density at radius 2 is 1.59 bits per heavy atom. The Labute approximate surface area is 193 Å². The first-order valence-corrected chi connectivity index (χ1v) is 11.6. The maximum absolute atomic E-state index is 12.4. The normalized spacial score (nSPS) is 12.0. The highest BCUT2D eigenvalue weighted by molar-refractivity contribution is 7.99. The number of rotatable bonds is 10. The average Bonchev–Trinajstić information content (AvgIpc) is 3.16. The van der Waals surface area contributed by atoms with E-state index in [1.54, 1.807) is 0 Å². The van der Waals surface area contributed by atoms with Gasteiger partial charge in [-0.25, -0.2) is 0 Å². The lowest BCUT2D eigenvalue weighted by Gasteiger charge is -2.23.